The van der Waals surface area contributed by atoms with Crippen molar-refractivity contribution in [3.8, 4) is 5.75 Å². The van der Waals surface area contributed by atoms with E-state index in [2.05, 4.69) is 29.2 Å². The van der Waals surface area contributed by atoms with Gasteiger partial charge in [-0.15, -0.1) is 11.3 Å². The Balaban J connectivity index is 1.42. The van der Waals surface area contributed by atoms with Crippen molar-refractivity contribution < 1.29 is 4.74 Å². The molecular formula is C25H26N4O2S. The summed E-state index contributed by atoms with van der Waals surface area (Å²) in [5, 5.41) is 0.669. The number of fused-ring (bicyclic) bond motifs is 3. The molecule has 1 aliphatic heterocycles. The van der Waals surface area contributed by atoms with E-state index >= 15 is 0 Å². The van der Waals surface area contributed by atoms with Gasteiger partial charge in [-0.3, -0.25) is 9.69 Å². The van der Waals surface area contributed by atoms with Gasteiger partial charge in [-0.05, 0) is 48.6 Å². The van der Waals surface area contributed by atoms with Gasteiger partial charge in [0, 0.05) is 24.5 Å². The summed E-state index contributed by atoms with van der Waals surface area (Å²) in [4.78, 5) is 22.2. The first-order chi connectivity index (χ1) is 15.5. The van der Waals surface area contributed by atoms with Gasteiger partial charge in [0.25, 0.3) is 5.56 Å². The van der Waals surface area contributed by atoms with Gasteiger partial charge in [0.15, 0.2) is 5.82 Å². The Hall–Kier alpha value is -3.16. The van der Waals surface area contributed by atoms with Gasteiger partial charge in [0.2, 0.25) is 0 Å². The summed E-state index contributed by atoms with van der Waals surface area (Å²) >= 11 is 1.60. The fourth-order valence-corrected chi connectivity index (χ4v) is 5.52. The van der Waals surface area contributed by atoms with Crippen LogP contribution in [0.1, 0.15) is 33.0 Å². The summed E-state index contributed by atoms with van der Waals surface area (Å²) < 4.78 is 7.12. The number of nitrogens with two attached hydrogens (primary N) is 1. The molecule has 0 radical (unpaired) electrons. The number of hydrogen-bond donors (Lipinski definition) is 1. The first-order valence-electron chi connectivity index (χ1n) is 10.8. The van der Waals surface area contributed by atoms with Crippen LogP contribution < -0.4 is 16.1 Å². The smallest absolute Gasteiger partial charge is 0.281 e. The number of hydrogen-bond acceptors (Lipinski definition) is 6. The lowest BCUT2D eigenvalue weighted by atomic mass is 10.0. The lowest BCUT2D eigenvalue weighted by molar-refractivity contribution is 0.249. The maximum Gasteiger partial charge on any atom is 0.281 e. The molecule has 0 saturated carbocycles. The quantitative estimate of drug-likeness (QED) is 0.470. The fourth-order valence-electron chi connectivity index (χ4n) is 4.25. The molecule has 3 heterocycles. The van der Waals surface area contributed by atoms with Crippen LogP contribution in [0.25, 0.3) is 10.2 Å². The van der Waals surface area contributed by atoms with Crippen LogP contribution in [0.2, 0.25) is 0 Å². The topological polar surface area (TPSA) is 73.4 Å². The molecule has 2 N–H and O–H groups in total. The summed E-state index contributed by atoms with van der Waals surface area (Å²) in [6, 6.07) is 16.4. The molecule has 2 aromatic heterocycles. The van der Waals surface area contributed by atoms with Gasteiger partial charge in [-0.2, -0.15) is 0 Å². The minimum atomic E-state index is -0.191. The van der Waals surface area contributed by atoms with Crippen molar-refractivity contribution in [3.63, 3.8) is 0 Å². The number of nitrogens with zero attached hydrogens (tertiary/aromatic N) is 3. The van der Waals surface area contributed by atoms with Crippen LogP contribution in [0.15, 0.2) is 53.3 Å². The normalized spacial score (nSPS) is 13.9. The first-order valence-corrected chi connectivity index (χ1v) is 11.6. The van der Waals surface area contributed by atoms with Crippen LogP contribution in [0.3, 0.4) is 0 Å². The molecule has 0 fully saturated rings. The van der Waals surface area contributed by atoms with Crippen LogP contribution in [-0.2, 0) is 26.1 Å². The molecule has 0 saturated heterocycles. The van der Waals surface area contributed by atoms with E-state index in [1.807, 2.05) is 38.1 Å². The van der Waals surface area contributed by atoms with Crippen molar-refractivity contribution in [2.45, 2.75) is 40.0 Å². The molecule has 2 aromatic carbocycles. The lowest BCUT2D eigenvalue weighted by Crippen LogP contribution is -2.33. The van der Waals surface area contributed by atoms with Crippen molar-refractivity contribution in [1.29, 1.82) is 0 Å². The number of rotatable bonds is 5. The van der Waals surface area contributed by atoms with E-state index in [9.17, 15) is 4.79 Å². The van der Waals surface area contributed by atoms with Crippen LogP contribution in [0, 0.1) is 13.8 Å². The van der Waals surface area contributed by atoms with Crippen molar-refractivity contribution in [2.75, 3.05) is 12.4 Å². The van der Waals surface area contributed by atoms with Gasteiger partial charge >= 0.3 is 0 Å². The molecule has 0 aliphatic carbocycles. The maximum absolute atomic E-state index is 13.1. The summed E-state index contributed by atoms with van der Waals surface area (Å²) in [6.07, 6.45) is 0.831. The van der Waals surface area contributed by atoms with Crippen molar-refractivity contribution in [2.24, 2.45) is 0 Å². The second-order valence-electron chi connectivity index (χ2n) is 8.32. The second kappa shape index (κ2) is 8.41. The van der Waals surface area contributed by atoms with E-state index in [0.717, 1.165) is 58.0 Å². The number of aryl methyl sites for hydroxylation is 1. The van der Waals surface area contributed by atoms with Crippen molar-refractivity contribution in [1.82, 2.24) is 14.6 Å². The highest BCUT2D eigenvalue weighted by Crippen LogP contribution is 2.33. The third-order valence-corrected chi connectivity index (χ3v) is 7.33. The number of benzene rings is 2. The standard InChI is InChI=1S/C25H26N4O2S/c1-16-7-6-10-20(17(16)2)31-15-22-27-24-23(25(30)29(22)26)19-11-12-28(14-21(19)32-24)13-18-8-4-3-5-9-18/h3-10H,11-15,26H2,1-2H3. The Morgan fingerprint density at radius 2 is 1.94 bits per heavy atom. The Morgan fingerprint density at radius 3 is 2.75 bits per heavy atom. The molecule has 164 valence electrons. The predicted molar refractivity (Wildman–Crippen MR) is 129 cm³/mol. The van der Waals surface area contributed by atoms with Gasteiger partial charge in [0.05, 0.1) is 5.39 Å². The highest BCUT2D eigenvalue weighted by Gasteiger charge is 2.25. The molecule has 1 aliphatic rings. The molecule has 7 heteroatoms. The van der Waals surface area contributed by atoms with Crippen LogP contribution in [0.4, 0.5) is 0 Å². The van der Waals surface area contributed by atoms with Gasteiger partial charge in [-0.25, -0.2) is 9.66 Å². The summed E-state index contributed by atoms with van der Waals surface area (Å²) in [5.41, 5.74) is 4.44. The van der Waals surface area contributed by atoms with E-state index in [4.69, 9.17) is 15.6 Å². The monoisotopic (exact) mass is 446 g/mol. The molecule has 0 spiro atoms. The van der Waals surface area contributed by atoms with Crippen LogP contribution in [-0.4, -0.2) is 21.1 Å². The zero-order chi connectivity index (χ0) is 22.2. The van der Waals surface area contributed by atoms with Crippen molar-refractivity contribution in [3.05, 3.63) is 91.8 Å². The summed E-state index contributed by atoms with van der Waals surface area (Å²) in [7, 11) is 0. The molecule has 32 heavy (non-hydrogen) atoms. The second-order valence-corrected chi connectivity index (χ2v) is 9.40. The van der Waals surface area contributed by atoms with Gasteiger partial charge < -0.3 is 10.6 Å². The highest BCUT2D eigenvalue weighted by atomic mass is 32.1. The zero-order valence-corrected chi connectivity index (χ0v) is 19.1. The summed E-state index contributed by atoms with van der Waals surface area (Å²) in [6.45, 7) is 6.85. The Morgan fingerprint density at radius 1 is 1.12 bits per heavy atom. The Bertz CT molecular complexity index is 1340. The van der Waals surface area contributed by atoms with E-state index in [0.29, 0.717) is 11.2 Å². The molecule has 0 atom stereocenters. The lowest BCUT2D eigenvalue weighted by Gasteiger charge is -2.26. The number of nitrogen functional groups attached to an aromatic ring is 1. The predicted octanol–water partition coefficient (Wildman–Crippen LogP) is 3.93. The highest BCUT2D eigenvalue weighted by molar-refractivity contribution is 7.18. The largest absolute Gasteiger partial charge is 0.485 e. The molecule has 0 bridgehead atoms. The molecule has 0 amide bonds. The van der Waals surface area contributed by atoms with Crippen LogP contribution in [0.5, 0.6) is 5.75 Å². The average Bonchev–Trinajstić information content (AvgIpc) is 3.16. The minimum absolute atomic E-state index is 0.147. The van der Waals surface area contributed by atoms with E-state index in [-0.39, 0.29) is 12.2 Å². The third kappa shape index (κ3) is 3.78. The SMILES string of the molecule is Cc1cccc(OCc2nc3sc4c(c3c(=O)n2N)CCN(Cc2ccccc2)C4)c1C. The molecule has 0 unspecified atom stereocenters. The number of ether oxygens (including phenoxy) is 1. The molecule has 6 nitrogen and oxygen atoms in total. The Labute approximate surface area is 190 Å². The first kappa shape index (κ1) is 20.7. The van der Waals surface area contributed by atoms with Gasteiger partial charge in [0.1, 0.15) is 17.2 Å². The van der Waals surface area contributed by atoms with Crippen LogP contribution >= 0.6 is 11.3 Å². The van der Waals surface area contributed by atoms with Crippen molar-refractivity contribution >= 4 is 21.6 Å². The van der Waals surface area contributed by atoms with E-state index < -0.39 is 0 Å². The number of thiophene rings is 1. The maximum atomic E-state index is 13.1. The minimum Gasteiger partial charge on any atom is -0.485 e. The van der Waals surface area contributed by atoms with E-state index in [1.165, 1.54) is 10.4 Å². The molecular weight excluding hydrogens is 420 g/mol. The van der Waals surface area contributed by atoms with E-state index in [1.54, 1.807) is 11.3 Å². The molecule has 4 aromatic rings. The zero-order valence-electron chi connectivity index (χ0n) is 18.3. The Kier molecular flexibility index (Phi) is 5.45. The molecule has 5 rings (SSSR count). The number of aromatic nitrogens is 2. The fraction of sp³-hybridized carbons (Fsp3) is 0.280. The van der Waals surface area contributed by atoms with Gasteiger partial charge in [-0.1, -0.05) is 42.5 Å². The average molecular weight is 447 g/mol. The summed E-state index contributed by atoms with van der Waals surface area (Å²) in [5.74, 6) is 7.37. The third-order valence-electron chi connectivity index (χ3n) is 6.22.